The van der Waals surface area contributed by atoms with Gasteiger partial charge in [0, 0.05) is 5.56 Å². The van der Waals surface area contributed by atoms with Crippen LogP contribution in [-0.4, -0.2) is 6.61 Å². The van der Waals surface area contributed by atoms with E-state index in [9.17, 15) is 4.39 Å². The van der Waals surface area contributed by atoms with E-state index in [2.05, 4.69) is 6.58 Å². The van der Waals surface area contributed by atoms with Crippen LogP contribution in [0.4, 0.5) is 4.39 Å². The lowest BCUT2D eigenvalue weighted by atomic mass is 10.0. The number of benzene rings is 2. The standard InChI is InChI=1S/C17H16ClFO/c1-3-11-20-17-14(10-9-12(2)16(17)19)15(18)13-7-5-4-6-8-13/h3-10,15H,1,11H2,2H3. The van der Waals surface area contributed by atoms with Crippen molar-refractivity contribution in [3.63, 3.8) is 0 Å². The van der Waals surface area contributed by atoms with Crippen molar-refractivity contribution in [2.75, 3.05) is 6.61 Å². The van der Waals surface area contributed by atoms with Crippen molar-refractivity contribution in [1.29, 1.82) is 0 Å². The lowest BCUT2D eigenvalue weighted by molar-refractivity contribution is 0.337. The van der Waals surface area contributed by atoms with Crippen molar-refractivity contribution in [2.45, 2.75) is 12.3 Å². The van der Waals surface area contributed by atoms with Gasteiger partial charge in [-0.2, -0.15) is 0 Å². The van der Waals surface area contributed by atoms with Crippen LogP contribution in [0.1, 0.15) is 22.1 Å². The number of aryl methyl sites for hydroxylation is 1. The van der Waals surface area contributed by atoms with Crippen molar-refractivity contribution in [2.24, 2.45) is 0 Å². The molecule has 0 radical (unpaired) electrons. The first-order valence-corrected chi connectivity index (χ1v) is 6.80. The highest BCUT2D eigenvalue weighted by Gasteiger charge is 2.20. The van der Waals surface area contributed by atoms with Gasteiger partial charge < -0.3 is 4.74 Å². The molecule has 1 nitrogen and oxygen atoms in total. The van der Waals surface area contributed by atoms with E-state index in [0.717, 1.165) is 5.56 Å². The normalized spacial score (nSPS) is 11.9. The van der Waals surface area contributed by atoms with Crippen LogP contribution in [-0.2, 0) is 0 Å². The zero-order valence-corrected chi connectivity index (χ0v) is 12.0. The molecule has 0 bridgehead atoms. The number of ether oxygens (including phenoxy) is 1. The van der Waals surface area contributed by atoms with Gasteiger partial charge in [0.05, 0.1) is 5.38 Å². The highest BCUT2D eigenvalue weighted by Crippen LogP contribution is 2.37. The number of rotatable bonds is 5. The van der Waals surface area contributed by atoms with Crippen LogP contribution < -0.4 is 4.74 Å². The topological polar surface area (TPSA) is 9.23 Å². The van der Waals surface area contributed by atoms with E-state index in [1.54, 1.807) is 19.1 Å². The molecule has 0 aliphatic heterocycles. The maximum absolute atomic E-state index is 14.2. The number of alkyl halides is 1. The first-order valence-electron chi connectivity index (χ1n) is 6.37. The summed E-state index contributed by atoms with van der Waals surface area (Å²) in [6.07, 6.45) is 1.58. The molecular formula is C17H16ClFO. The van der Waals surface area contributed by atoms with Gasteiger partial charge in [0.2, 0.25) is 0 Å². The molecule has 0 spiro atoms. The number of hydrogen-bond acceptors (Lipinski definition) is 1. The minimum absolute atomic E-state index is 0.203. The van der Waals surface area contributed by atoms with Gasteiger partial charge in [-0.15, -0.1) is 11.6 Å². The van der Waals surface area contributed by atoms with Crippen LogP contribution in [0.25, 0.3) is 0 Å². The Morgan fingerprint density at radius 2 is 1.95 bits per heavy atom. The molecule has 2 aromatic carbocycles. The molecule has 0 aromatic heterocycles. The second-order valence-corrected chi connectivity index (χ2v) is 4.92. The van der Waals surface area contributed by atoms with E-state index < -0.39 is 5.38 Å². The van der Waals surface area contributed by atoms with E-state index in [1.165, 1.54) is 0 Å². The smallest absolute Gasteiger partial charge is 0.168 e. The Labute approximate surface area is 123 Å². The van der Waals surface area contributed by atoms with Crippen molar-refractivity contribution in [1.82, 2.24) is 0 Å². The summed E-state index contributed by atoms with van der Waals surface area (Å²) in [6.45, 7) is 5.52. The summed E-state index contributed by atoms with van der Waals surface area (Å²) >= 11 is 6.47. The van der Waals surface area contributed by atoms with E-state index in [0.29, 0.717) is 11.1 Å². The average molecular weight is 291 g/mol. The van der Waals surface area contributed by atoms with Gasteiger partial charge in [0.1, 0.15) is 6.61 Å². The Bertz CT molecular complexity index is 595. The Morgan fingerprint density at radius 3 is 2.60 bits per heavy atom. The van der Waals surface area contributed by atoms with Gasteiger partial charge in [-0.1, -0.05) is 55.1 Å². The lowest BCUT2D eigenvalue weighted by Crippen LogP contribution is -2.04. The van der Waals surface area contributed by atoms with Gasteiger partial charge in [-0.3, -0.25) is 0 Å². The van der Waals surface area contributed by atoms with Crippen molar-refractivity contribution < 1.29 is 9.13 Å². The van der Waals surface area contributed by atoms with Crippen molar-refractivity contribution in [3.05, 3.63) is 77.6 Å². The highest BCUT2D eigenvalue weighted by atomic mass is 35.5. The predicted molar refractivity (Wildman–Crippen MR) is 81.0 cm³/mol. The molecule has 1 atom stereocenters. The maximum Gasteiger partial charge on any atom is 0.168 e. The zero-order valence-electron chi connectivity index (χ0n) is 11.3. The van der Waals surface area contributed by atoms with Crippen LogP contribution in [0.5, 0.6) is 5.75 Å². The third kappa shape index (κ3) is 3.02. The van der Waals surface area contributed by atoms with Gasteiger partial charge >= 0.3 is 0 Å². The van der Waals surface area contributed by atoms with Crippen LogP contribution in [0.3, 0.4) is 0 Å². The summed E-state index contributed by atoms with van der Waals surface area (Å²) < 4.78 is 19.7. The molecule has 0 saturated carbocycles. The molecule has 0 saturated heterocycles. The maximum atomic E-state index is 14.2. The molecular weight excluding hydrogens is 275 g/mol. The minimum atomic E-state index is -0.453. The van der Waals surface area contributed by atoms with Crippen LogP contribution in [0, 0.1) is 12.7 Å². The lowest BCUT2D eigenvalue weighted by Gasteiger charge is -2.17. The van der Waals surface area contributed by atoms with Crippen LogP contribution in [0.15, 0.2) is 55.1 Å². The summed E-state index contributed by atoms with van der Waals surface area (Å²) in [6, 6.07) is 13.1. The second-order valence-electron chi connectivity index (χ2n) is 4.49. The Morgan fingerprint density at radius 1 is 1.25 bits per heavy atom. The largest absolute Gasteiger partial charge is 0.486 e. The quantitative estimate of drug-likeness (QED) is 0.554. The summed E-state index contributed by atoms with van der Waals surface area (Å²) in [7, 11) is 0. The summed E-state index contributed by atoms with van der Waals surface area (Å²) in [5.41, 5.74) is 2.06. The average Bonchev–Trinajstić information content (AvgIpc) is 2.49. The van der Waals surface area contributed by atoms with Gasteiger partial charge in [-0.25, -0.2) is 4.39 Å². The zero-order chi connectivity index (χ0) is 14.5. The fourth-order valence-electron chi connectivity index (χ4n) is 1.96. The predicted octanol–water partition coefficient (Wildman–Crippen LogP) is 5.03. The molecule has 0 aliphatic rings. The molecule has 2 rings (SSSR count). The first kappa shape index (κ1) is 14.6. The van der Waals surface area contributed by atoms with Crippen molar-refractivity contribution in [3.8, 4) is 5.75 Å². The third-order valence-corrected chi connectivity index (χ3v) is 3.52. The molecule has 3 heteroatoms. The molecule has 0 amide bonds. The Hall–Kier alpha value is -1.80. The molecule has 20 heavy (non-hydrogen) atoms. The molecule has 0 aliphatic carbocycles. The number of hydrogen-bond donors (Lipinski definition) is 0. The molecule has 0 fully saturated rings. The van der Waals surface area contributed by atoms with Crippen LogP contribution >= 0.6 is 11.6 Å². The van der Waals surface area contributed by atoms with E-state index >= 15 is 0 Å². The first-order chi connectivity index (χ1) is 9.65. The molecule has 1 unspecified atom stereocenters. The van der Waals surface area contributed by atoms with E-state index in [4.69, 9.17) is 16.3 Å². The third-order valence-electron chi connectivity index (χ3n) is 3.03. The van der Waals surface area contributed by atoms with Crippen molar-refractivity contribution >= 4 is 11.6 Å². The van der Waals surface area contributed by atoms with E-state index in [1.807, 2.05) is 36.4 Å². The fourth-order valence-corrected chi connectivity index (χ4v) is 2.28. The SMILES string of the molecule is C=CCOc1c(C(Cl)c2ccccc2)ccc(C)c1F. The molecule has 2 aromatic rings. The second kappa shape index (κ2) is 6.58. The Kier molecular flexibility index (Phi) is 4.80. The monoisotopic (exact) mass is 290 g/mol. The van der Waals surface area contributed by atoms with E-state index in [-0.39, 0.29) is 18.2 Å². The summed E-state index contributed by atoms with van der Waals surface area (Å²) in [4.78, 5) is 0. The minimum Gasteiger partial charge on any atom is -0.486 e. The number of halogens is 2. The molecule has 0 heterocycles. The summed E-state index contributed by atoms with van der Waals surface area (Å²) in [5.74, 6) is -0.167. The van der Waals surface area contributed by atoms with Crippen LogP contribution in [0.2, 0.25) is 0 Å². The highest BCUT2D eigenvalue weighted by molar-refractivity contribution is 6.22. The van der Waals surface area contributed by atoms with Gasteiger partial charge in [-0.05, 0) is 18.1 Å². The molecule has 104 valence electrons. The van der Waals surface area contributed by atoms with Gasteiger partial charge in [0.15, 0.2) is 11.6 Å². The fraction of sp³-hybridized carbons (Fsp3) is 0.176. The Balaban J connectivity index is 2.45. The summed E-state index contributed by atoms with van der Waals surface area (Å²) in [5, 5.41) is -0.453. The molecule has 0 N–H and O–H groups in total. The van der Waals surface area contributed by atoms with Gasteiger partial charge in [0.25, 0.3) is 0 Å².